The summed E-state index contributed by atoms with van der Waals surface area (Å²) in [5.41, 5.74) is 1.72. The third kappa shape index (κ3) is 2.45. The molecule has 0 unspecified atom stereocenters. The first kappa shape index (κ1) is 10.4. The lowest BCUT2D eigenvalue weighted by Crippen LogP contribution is -2.00. The van der Waals surface area contributed by atoms with Gasteiger partial charge in [-0.05, 0) is 29.9 Å². The van der Waals surface area contributed by atoms with Crippen molar-refractivity contribution in [2.24, 2.45) is 0 Å². The molecule has 0 saturated carbocycles. The Bertz CT molecular complexity index is 516. The summed E-state index contributed by atoms with van der Waals surface area (Å²) in [5, 5.41) is 7.80. The van der Waals surface area contributed by atoms with Gasteiger partial charge in [0, 0.05) is 24.2 Å². The van der Waals surface area contributed by atoms with E-state index < -0.39 is 0 Å². The number of rotatable bonds is 3. The number of hydrogen-bond donors (Lipinski definition) is 2. The number of aromatic nitrogens is 3. The van der Waals surface area contributed by atoms with Crippen molar-refractivity contribution in [1.82, 2.24) is 15.0 Å². The fraction of sp³-hybridized carbons (Fsp3) is 0. The van der Waals surface area contributed by atoms with Crippen LogP contribution in [0.4, 0.5) is 0 Å². The summed E-state index contributed by atoms with van der Waals surface area (Å²) in [6.45, 7) is 0. The van der Waals surface area contributed by atoms with Crippen LogP contribution in [0.3, 0.4) is 0 Å². The van der Waals surface area contributed by atoms with E-state index >= 15 is 0 Å². The van der Waals surface area contributed by atoms with Crippen LogP contribution in [0.5, 0.6) is 0 Å². The van der Waals surface area contributed by atoms with E-state index in [1.165, 1.54) is 6.20 Å². The van der Waals surface area contributed by atoms with Crippen molar-refractivity contribution in [3.8, 4) is 0 Å². The number of hydrogen-bond acceptors (Lipinski definition) is 3. The van der Waals surface area contributed by atoms with E-state index in [9.17, 15) is 0 Å². The highest BCUT2D eigenvalue weighted by atomic mass is 14.9. The number of pyridine rings is 1. The van der Waals surface area contributed by atoms with Crippen molar-refractivity contribution in [3.63, 3.8) is 0 Å². The molecule has 2 radical (unpaired) electrons. The fourth-order valence-corrected chi connectivity index (χ4v) is 1.23. The van der Waals surface area contributed by atoms with Crippen LogP contribution in [0, 0.1) is 5.41 Å². The quantitative estimate of drug-likeness (QED) is 0.575. The zero-order valence-corrected chi connectivity index (χ0v) is 8.51. The minimum atomic E-state index is 0.400. The number of imidazole rings is 1. The second-order valence-electron chi connectivity index (χ2n) is 3.21. The van der Waals surface area contributed by atoms with E-state index in [2.05, 4.69) is 15.0 Å². The maximum Gasteiger partial charge on any atom is 0.140 e. The lowest BCUT2D eigenvalue weighted by atomic mass is 10.1. The van der Waals surface area contributed by atoms with Gasteiger partial charge in [-0.15, -0.1) is 0 Å². The number of aromatic amines is 1. The Kier molecular flexibility index (Phi) is 2.96. The highest BCUT2D eigenvalue weighted by Gasteiger charge is 1.96. The van der Waals surface area contributed by atoms with Gasteiger partial charge in [0.25, 0.3) is 0 Å². The average molecular weight is 208 g/mol. The van der Waals surface area contributed by atoms with Crippen molar-refractivity contribution in [3.05, 3.63) is 48.2 Å². The van der Waals surface area contributed by atoms with Gasteiger partial charge in [-0.3, -0.25) is 4.98 Å². The Morgan fingerprint density at radius 3 is 2.75 bits per heavy atom. The van der Waals surface area contributed by atoms with Crippen LogP contribution < -0.4 is 5.59 Å². The number of H-pyrrole nitrogens is 1. The predicted molar refractivity (Wildman–Crippen MR) is 64.1 cm³/mol. The van der Waals surface area contributed by atoms with Gasteiger partial charge >= 0.3 is 0 Å². The molecule has 0 amide bonds. The molecule has 0 aliphatic heterocycles. The monoisotopic (exact) mass is 208 g/mol. The van der Waals surface area contributed by atoms with E-state index in [0.717, 1.165) is 5.56 Å². The van der Waals surface area contributed by atoms with Crippen LogP contribution in [-0.2, 0) is 0 Å². The highest BCUT2D eigenvalue weighted by Crippen LogP contribution is 2.00. The van der Waals surface area contributed by atoms with Gasteiger partial charge in [-0.25, -0.2) is 4.98 Å². The number of nitrogens with zero attached hydrogens (tertiary/aromatic N) is 2. The van der Waals surface area contributed by atoms with Gasteiger partial charge in [0.15, 0.2) is 0 Å². The number of nitrogens with one attached hydrogen (secondary N) is 2. The van der Waals surface area contributed by atoms with E-state index in [4.69, 9.17) is 13.3 Å². The first-order chi connectivity index (χ1) is 7.75. The maximum absolute atomic E-state index is 7.80. The van der Waals surface area contributed by atoms with E-state index in [1.54, 1.807) is 36.7 Å². The molecule has 76 valence electrons. The Morgan fingerprint density at radius 2 is 2.12 bits per heavy atom. The molecule has 0 bridgehead atoms. The maximum atomic E-state index is 7.80. The molecule has 4 nitrogen and oxygen atoms in total. The standard InChI is InChI=1S/C11H9BN4/c12-10-7-15-11(16-10)2-1-9(13)8-3-5-14-6-4-8/h1-7,13H,(H,15,16)/b2-1-,13-9?. The minimum absolute atomic E-state index is 0.400. The van der Waals surface area contributed by atoms with Gasteiger partial charge in [-0.1, -0.05) is 0 Å². The second-order valence-corrected chi connectivity index (χ2v) is 3.21. The van der Waals surface area contributed by atoms with Gasteiger partial charge in [0.05, 0.1) is 5.71 Å². The lowest BCUT2D eigenvalue weighted by Gasteiger charge is -1.95. The molecular formula is C11H9BN4. The van der Waals surface area contributed by atoms with Crippen molar-refractivity contribution in [2.75, 3.05) is 0 Å². The molecule has 2 aromatic heterocycles. The first-order valence-corrected chi connectivity index (χ1v) is 4.73. The first-order valence-electron chi connectivity index (χ1n) is 4.73. The molecular weight excluding hydrogens is 199 g/mol. The van der Waals surface area contributed by atoms with Crippen molar-refractivity contribution < 1.29 is 0 Å². The largest absolute Gasteiger partial charge is 0.352 e. The second kappa shape index (κ2) is 4.57. The summed E-state index contributed by atoms with van der Waals surface area (Å²) in [4.78, 5) is 10.8. The fourth-order valence-electron chi connectivity index (χ4n) is 1.23. The Labute approximate surface area is 94.4 Å². The minimum Gasteiger partial charge on any atom is -0.352 e. The van der Waals surface area contributed by atoms with Gasteiger partial charge in [0.2, 0.25) is 0 Å². The zero-order valence-electron chi connectivity index (χ0n) is 8.51. The van der Waals surface area contributed by atoms with Gasteiger partial charge < -0.3 is 10.4 Å². The van der Waals surface area contributed by atoms with Gasteiger partial charge in [0.1, 0.15) is 13.7 Å². The molecule has 5 heteroatoms. The summed E-state index contributed by atoms with van der Waals surface area (Å²) >= 11 is 0. The normalized spacial score (nSPS) is 10.8. The molecule has 2 rings (SSSR count). The molecule has 2 N–H and O–H groups in total. The molecule has 0 aliphatic rings. The summed E-state index contributed by atoms with van der Waals surface area (Å²) < 4.78 is 0. The van der Waals surface area contributed by atoms with Crippen molar-refractivity contribution >= 4 is 25.2 Å². The highest BCUT2D eigenvalue weighted by molar-refractivity contribution is 6.30. The molecule has 2 aromatic rings. The smallest absolute Gasteiger partial charge is 0.140 e. The summed E-state index contributed by atoms with van der Waals surface area (Å²) in [7, 11) is 5.48. The van der Waals surface area contributed by atoms with E-state index in [1.807, 2.05) is 0 Å². The molecule has 0 saturated heterocycles. The van der Waals surface area contributed by atoms with Gasteiger partial charge in [-0.2, -0.15) is 0 Å². The van der Waals surface area contributed by atoms with Crippen LogP contribution in [-0.4, -0.2) is 28.5 Å². The topological polar surface area (TPSA) is 65.4 Å². The molecule has 0 atom stereocenters. The average Bonchev–Trinajstić information content (AvgIpc) is 2.73. The van der Waals surface area contributed by atoms with Crippen LogP contribution in [0.25, 0.3) is 6.08 Å². The Morgan fingerprint density at radius 1 is 1.38 bits per heavy atom. The summed E-state index contributed by atoms with van der Waals surface area (Å²) in [6.07, 6.45) is 8.22. The molecule has 0 aliphatic carbocycles. The van der Waals surface area contributed by atoms with Crippen LogP contribution >= 0.6 is 0 Å². The number of allylic oxidation sites excluding steroid dienone is 1. The Hall–Kier alpha value is -2.17. The van der Waals surface area contributed by atoms with Crippen LogP contribution in [0.15, 0.2) is 36.8 Å². The zero-order chi connectivity index (χ0) is 11.4. The summed E-state index contributed by atoms with van der Waals surface area (Å²) in [6, 6.07) is 3.56. The lowest BCUT2D eigenvalue weighted by molar-refractivity contribution is 1.27. The molecule has 0 aromatic carbocycles. The molecule has 16 heavy (non-hydrogen) atoms. The van der Waals surface area contributed by atoms with Crippen LogP contribution in [0.1, 0.15) is 11.4 Å². The molecule has 0 fully saturated rings. The molecule has 2 heterocycles. The summed E-state index contributed by atoms with van der Waals surface area (Å²) in [5.74, 6) is 0.635. The van der Waals surface area contributed by atoms with Crippen LogP contribution in [0.2, 0.25) is 0 Å². The molecule has 0 spiro atoms. The predicted octanol–water partition coefficient (Wildman–Crippen LogP) is 0.680. The third-order valence-corrected chi connectivity index (χ3v) is 2.01. The SMILES string of the molecule is [B]c1cnc(/C=C\C(=N)c2ccncc2)[nH]1. The van der Waals surface area contributed by atoms with E-state index in [0.29, 0.717) is 17.1 Å². The van der Waals surface area contributed by atoms with Crippen molar-refractivity contribution in [2.45, 2.75) is 0 Å². The third-order valence-electron chi connectivity index (χ3n) is 2.01. The van der Waals surface area contributed by atoms with E-state index in [-0.39, 0.29) is 0 Å². The van der Waals surface area contributed by atoms with Crippen molar-refractivity contribution in [1.29, 1.82) is 5.41 Å². The Balaban J connectivity index is 2.11.